The van der Waals surface area contributed by atoms with Crippen molar-refractivity contribution in [3.8, 4) is 0 Å². The van der Waals surface area contributed by atoms with E-state index in [1.54, 1.807) is 32.8 Å². The fourth-order valence-corrected chi connectivity index (χ4v) is 1.83. The summed E-state index contributed by atoms with van der Waals surface area (Å²) in [6.07, 6.45) is 2.59. The first kappa shape index (κ1) is 13.2. The molecule has 0 aromatic rings. The third-order valence-corrected chi connectivity index (χ3v) is 2.86. The lowest BCUT2D eigenvalue weighted by Crippen LogP contribution is -2.50. The second-order valence-electron chi connectivity index (χ2n) is 5.26. The molecule has 1 heterocycles. The van der Waals surface area contributed by atoms with Crippen molar-refractivity contribution in [1.29, 1.82) is 0 Å². The minimum absolute atomic E-state index is 0.229. The van der Waals surface area contributed by atoms with Crippen LogP contribution in [0.1, 0.15) is 40.0 Å². The number of carbonyl (C=O) groups excluding carboxylic acids is 2. The largest absolute Gasteiger partial charge is 0.362 e. The average molecular weight is 227 g/mol. The molecule has 0 N–H and O–H groups in total. The fourth-order valence-electron chi connectivity index (χ4n) is 1.83. The monoisotopic (exact) mass is 227 g/mol. The van der Waals surface area contributed by atoms with Crippen LogP contribution in [0.4, 0.5) is 0 Å². The van der Waals surface area contributed by atoms with Gasteiger partial charge in [0.15, 0.2) is 0 Å². The van der Waals surface area contributed by atoms with E-state index in [-0.39, 0.29) is 12.0 Å². The van der Waals surface area contributed by atoms with Crippen molar-refractivity contribution in [1.82, 2.24) is 4.90 Å². The van der Waals surface area contributed by atoms with Gasteiger partial charge in [0.2, 0.25) is 5.78 Å². The van der Waals surface area contributed by atoms with Crippen molar-refractivity contribution in [3.05, 3.63) is 0 Å². The molecule has 0 aromatic carbocycles. The van der Waals surface area contributed by atoms with Crippen LogP contribution < -0.4 is 0 Å². The van der Waals surface area contributed by atoms with E-state index < -0.39 is 11.3 Å². The predicted molar refractivity (Wildman–Crippen MR) is 60.8 cm³/mol. The molecule has 0 aromatic heterocycles. The summed E-state index contributed by atoms with van der Waals surface area (Å²) in [4.78, 5) is 25.5. The van der Waals surface area contributed by atoms with E-state index in [1.165, 1.54) is 0 Å². The van der Waals surface area contributed by atoms with Crippen molar-refractivity contribution >= 4 is 11.7 Å². The van der Waals surface area contributed by atoms with Crippen LogP contribution in [0.2, 0.25) is 0 Å². The summed E-state index contributed by atoms with van der Waals surface area (Å²) < 4.78 is 5.24. The lowest BCUT2D eigenvalue weighted by Gasteiger charge is -2.35. The first-order chi connectivity index (χ1) is 7.38. The first-order valence-corrected chi connectivity index (χ1v) is 5.76. The molecule has 4 heteroatoms. The fraction of sp³-hybridized carbons (Fsp3) is 0.833. The van der Waals surface area contributed by atoms with Gasteiger partial charge in [0.25, 0.3) is 5.91 Å². The van der Waals surface area contributed by atoms with Crippen LogP contribution >= 0.6 is 0 Å². The van der Waals surface area contributed by atoms with Crippen LogP contribution in [0.5, 0.6) is 0 Å². The summed E-state index contributed by atoms with van der Waals surface area (Å²) in [6.45, 7) is 5.91. The molecule has 1 atom stereocenters. The number of carbonyl (C=O) groups is 2. The normalized spacial score (nSPS) is 22.0. The highest BCUT2D eigenvalue weighted by Gasteiger charge is 2.35. The van der Waals surface area contributed by atoms with Gasteiger partial charge in [0.1, 0.15) is 6.23 Å². The van der Waals surface area contributed by atoms with Gasteiger partial charge < -0.3 is 9.64 Å². The van der Waals surface area contributed by atoms with E-state index in [0.29, 0.717) is 6.54 Å². The minimum atomic E-state index is -0.618. The Morgan fingerprint density at radius 2 is 1.88 bits per heavy atom. The highest BCUT2D eigenvalue weighted by atomic mass is 16.5. The summed E-state index contributed by atoms with van der Waals surface area (Å²) in [5.41, 5.74) is -0.618. The SMILES string of the molecule is COC1CCCCN1C(=O)C(=O)C(C)(C)C. The summed E-state index contributed by atoms with van der Waals surface area (Å²) in [6, 6.07) is 0. The Kier molecular flexibility index (Phi) is 4.08. The number of methoxy groups -OCH3 is 1. The number of ketones is 1. The molecule has 1 aliphatic rings. The third kappa shape index (κ3) is 2.82. The Hall–Kier alpha value is -0.900. The molecule has 16 heavy (non-hydrogen) atoms. The molecule has 1 aliphatic heterocycles. The summed E-state index contributed by atoms with van der Waals surface area (Å²) in [5, 5.41) is 0. The lowest BCUT2D eigenvalue weighted by atomic mass is 9.89. The van der Waals surface area contributed by atoms with Crippen molar-refractivity contribution in [3.63, 3.8) is 0 Å². The van der Waals surface area contributed by atoms with Crippen LogP contribution in [0.25, 0.3) is 0 Å². The van der Waals surface area contributed by atoms with Crippen molar-refractivity contribution in [2.45, 2.75) is 46.3 Å². The summed E-state index contributed by atoms with van der Waals surface area (Å²) >= 11 is 0. The number of hydrogen-bond acceptors (Lipinski definition) is 3. The van der Waals surface area contributed by atoms with Crippen LogP contribution in [0.3, 0.4) is 0 Å². The van der Waals surface area contributed by atoms with Crippen molar-refractivity contribution in [2.75, 3.05) is 13.7 Å². The van der Waals surface area contributed by atoms with Gasteiger partial charge in [0.05, 0.1) is 0 Å². The van der Waals surface area contributed by atoms with Gasteiger partial charge in [-0.25, -0.2) is 0 Å². The predicted octanol–water partition coefficient (Wildman–Crippen LogP) is 1.59. The number of rotatable bonds is 2. The number of Topliss-reactive ketones (excluding diaryl/α,β-unsaturated/α-hetero) is 1. The minimum Gasteiger partial charge on any atom is -0.362 e. The molecule has 1 fully saturated rings. The molecule has 0 bridgehead atoms. The summed E-state index contributed by atoms with van der Waals surface area (Å²) in [7, 11) is 1.58. The van der Waals surface area contributed by atoms with E-state index in [0.717, 1.165) is 19.3 Å². The zero-order valence-corrected chi connectivity index (χ0v) is 10.6. The van der Waals surface area contributed by atoms with Crippen LogP contribution in [-0.4, -0.2) is 36.5 Å². The standard InChI is InChI=1S/C12H21NO3/c1-12(2,3)10(14)11(15)13-8-6-5-7-9(13)16-4/h9H,5-8H2,1-4H3. The molecule has 1 rings (SSSR count). The van der Waals surface area contributed by atoms with E-state index >= 15 is 0 Å². The lowest BCUT2D eigenvalue weighted by molar-refractivity contribution is -0.159. The Morgan fingerprint density at radius 1 is 1.25 bits per heavy atom. The quantitative estimate of drug-likeness (QED) is 0.673. The number of likely N-dealkylation sites (tertiary alicyclic amines) is 1. The highest BCUT2D eigenvalue weighted by Crippen LogP contribution is 2.22. The molecule has 92 valence electrons. The number of ether oxygens (including phenoxy) is 1. The van der Waals surface area contributed by atoms with Crippen LogP contribution in [0, 0.1) is 5.41 Å². The van der Waals surface area contributed by atoms with Gasteiger partial charge >= 0.3 is 0 Å². The molecular weight excluding hydrogens is 206 g/mol. The Bertz CT molecular complexity index is 280. The van der Waals surface area contributed by atoms with Gasteiger partial charge in [-0.1, -0.05) is 20.8 Å². The molecule has 0 spiro atoms. The first-order valence-electron chi connectivity index (χ1n) is 5.76. The number of piperidine rings is 1. The molecule has 1 unspecified atom stereocenters. The zero-order valence-electron chi connectivity index (χ0n) is 10.6. The van der Waals surface area contributed by atoms with Gasteiger partial charge in [-0.2, -0.15) is 0 Å². The van der Waals surface area contributed by atoms with Crippen LogP contribution in [-0.2, 0) is 14.3 Å². The molecule has 0 saturated carbocycles. The molecule has 0 aliphatic carbocycles. The van der Waals surface area contributed by atoms with Gasteiger partial charge in [-0.15, -0.1) is 0 Å². The Morgan fingerprint density at radius 3 is 2.38 bits per heavy atom. The Balaban J connectivity index is 2.75. The maximum Gasteiger partial charge on any atom is 0.292 e. The second-order valence-corrected chi connectivity index (χ2v) is 5.26. The molecule has 1 amide bonds. The third-order valence-electron chi connectivity index (χ3n) is 2.86. The topological polar surface area (TPSA) is 46.6 Å². The molecular formula is C12H21NO3. The van der Waals surface area contributed by atoms with Gasteiger partial charge in [-0.3, -0.25) is 9.59 Å². The van der Waals surface area contributed by atoms with Gasteiger partial charge in [0, 0.05) is 19.1 Å². The number of nitrogens with zero attached hydrogens (tertiary/aromatic N) is 1. The van der Waals surface area contributed by atoms with E-state index in [9.17, 15) is 9.59 Å². The number of hydrogen-bond donors (Lipinski definition) is 0. The van der Waals surface area contributed by atoms with E-state index in [4.69, 9.17) is 4.74 Å². The van der Waals surface area contributed by atoms with Gasteiger partial charge in [-0.05, 0) is 19.3 Å². The van der Waals surface area contributed by atoms with E-state index in [1.807, 2.05) is 0 Å². The molecule has 4 nitrogen and oxygen atoms in total. The molecule has 0 radical (unpaired) electrons. The highest BCUT2D eigenvalue weighted by molar-refractivity contribution is 6.37. The van der Waals surface area contributed by atoms with Crippen molar-refractivity contribution < 1.29 is 14.3 Å². The van der Waals surface area contributed by atoms with Crippen molar-refractivity contribution in [2.24, 2.45) is 5.41 Å². The zero-order chi connectivity index (χ0) is 12.3. The summed E-state index contributed by atoms with van der Waals surface area (Å²) in [5.74, 6) is -0.740. The van der Waals surface area contributed by atoms with Crippen LogP contribution in [0.15, 0.2) is 0 Å². The second kappa shape index (κ2) is 4.95. The smallest absolute Gasteiger partial charge is 0.292 e. The number of amides is 1. The maximum atomic E-state index is 12.0. The van der Waals surface area contributed by atoms with E-state index in [2.05, 4.69) is 0 Å². The Labute approximate surface area is 96.9 Å². The maximum absolute atomic E-state index is 12.0. The molecule has 1 saturated heterocycles. The average Bonchev–Trinajstić information content (AvgIpc) is 2.25.